The summed E-state index contributed by atoms with van der Waals surface area (Å²) in [5.74, 6) is -1.21. The van der Waals surface area contributed by atoms with Crippen LogP contribution in [0.15, 0.2) is 72.8 Å². The predicted molar refractivity (Wildman–Crippen MR) is 394 cm³/mol. The molecule has 10 aromatic rings. The molecule has 0 bridgehead atoms. The molecular formula is C76H82F2N2O4S8. The second kappa shape index (κ2) is 25.0. The number of thiophene rings is 8. The lowest BCUT2D eigenvalue weighted by atomic mass is 9.65. The van der Waals surface area contributed by atoms with E-state index in [1.54, 1.807) is 35.8 Å². The predicted octanol–water partition coefficient (Wildman–Crippen LogP) is 24.6. The third kappa shape index (κ3) is 11.4. The summed E-state index contributed by atoms with van der Waals surface area (Å²) >= 11 is 13.1. The normalized spacial score (nSPS) is 14.8. The average molecular weight is 1380 g/mol. The molecule has 0 saturated carbocycles. The third-order valence-electron chi connectivity index (χ3n) is 19.6. The molecule has 16 heteroatoms. The largest absolute Gasteiger partial charge is 0.277 e. The fraction of sp³-hybridized carbons (Fsp3) is 0.421. The summed E-state index contributed by atoms with van der Waals surface area (Å²) in [5.41, 5.74) is 2.49. The van der Waals surface area contributed by atoms with Crippen LogP contribution >= 0.6 is 90.7 Å². The van der Waals surface area contributed by atoms with Crippen molar-refractivity contribution in [3.8, 4) is 61.3 Å². The Morgan fingerprint density at radius 3 is 1.37 bits per heavy atom. The number of carbonyl (C=O) groups is 4. The van der Waals surface area contributed by atoms with E-state index >= 15 is 8.78 Å². The first-order chi connectivity index (χ1) is 43.5. The maximum atomic E-state index is 16.7. The van der Waals surface area contributed by atoms with Crippen LogP contribution in [0.3, 0.4) is 0 Å². The number of benzene rings is 2. The summed E-state index contributed by atoms with van der Waals surface area (Å²) in [6.45, 7) is 30.8. The van der Waals surface area contributed by atoms with E-state index in [4.69, 9.17) is 0 Å². The lowest BCUT2D eigenvalue weighted by molar-refractivity contribution is 0.0677. The van der Waals surface area contributed by atoms with Gasteiger partial charge in [0.15, 0.2) is 0 Å². The summed E-state index contributed by atoms with van der Waals surface area (Å²) in [4.78, 5) is 72.2. The number of amides is 4. The van der Waals surface area contributed by atoms with E-state index in [0.717, 1.165) is 55.0 Å². The number of fused-ring (bicyclic) bond motifs is 4. The number of hydrogen-bond acceptors (Lipinski definition) is 12. The van der Waals surface area contributed by atoms with Crippen LogP contribution in [0, 0.1) is 23.5 Å². The summed E-state index contributed by atoms with van der Waals surface area (Å²) in [7, 11) is 3.08. The van der Waals surface area contributed by atoms with Gasteiger partial charge in [-0.15, -0.1) is 90.7 Å². The number of halogens is 2. The summed E-state index contributed by atoms with van der Waals surface area (Å²) in [5, 5.41) is 2.44. The van der Waals surface area contributed by atoms with Gasteiger partial charge in [0, 0.05) is 126 Å². The van der Waals surface area contributed by atoms with E-state index in [2.05, 4.69) is 113 Å². The average Bonchev–Trinajstić information content (AvgIpc) is 1.56. The molecule has 2 unspecified atom stereocenters. The van der Waals surface area contributed by atoms with Gasteiger partial charge in [-0.1, -0.05) is 148 Å². The molecule has 10 heterocycles. The van der Waals surface area contributed by atoms with E-state index in [9.17, 15) is 19.2 Å². The Kier molecular flexibility index (Phi) is 18.2. The molecular weight excluding hydrogens is 1300 g/mol. The molecule has 2 atom stereocenters. The van der Waals surface area contributed by atoms with Crippen molar-refractivity contribution in [3.05, 3.63) is 136 Å². The van der Waals surface area contributed by atoms with Gasteiger partial charge in [-0.25, -0.2) is 8.78 Å². The van der Waals surface area contributed by atoms with Crippen molar-refractivity contribution >= 4 is 134 Å². The molecule has 0 spiro atoms. The van der Waals surface area contributed by atoms with E-state index in [1.165, 1.54) is 152 Å². The number of nitrogens with zero attached hydrogens (tertiary/aromatic N) is 2. The minimum atomic E-state index is -0.766. The molecule has 12 rings (SSSR count). The molecule has 2 aliphatic heterocycles. The van der Waals surface area contributed by atoms with Crippen molar-refractivity contribution in [2.24, 2.45) is 11.8 Å². The van der Waals surface area contributed by atoms with Crippen molar-refractivity contribution in [3.63, 3.8) is 0 Å². The van der Waals surface area contributed by atoms with Crippen LogP contribution in [-0.2, 0) is 34.5 Å². The lowest BCUT2D eigenvalue weighted by Gasteiger charge is -2.41. The topological polar surface area (TPSA) is 74.8 Å². The molecule has 2 aromatic carbocycles. The maximum Gasteiger partial charge on any atom is 0.262 e. The monoisotopic (exact) mass is 1380 g/mol. The molecule has 482 valence electrons. The summed E-state index contributed by atoms with van der Waals surface area (Å²) < 4.78 is 35.9. The Hall–Kier alpha value is -5.30. The minimum absolute atomic E-state index is 0.0785. The quantitative estimate of drug-likeness (QED) is 0.0672. The summed E-state index contributed by atoms with van der Waals surface area (Å²) in [6, 6.07) is 24.2. The van der Waals surface area contributed by atoms with Gasteiger partial charge in [-0.05, 0) is 108 Å². The van der Waals surface area contributed by atoms with Crippen LogP contribution in [-0.4, -0.2) is 47.5 Å². The molecule has 0 radical (unpaired) electrons. The zero-order valence-electron chi connectivity index (χ0n) is 55.7. The first-order valence-electron chi connectivity index (χ1n) is 32.4. The first-order valence-corrected chi connectivity index (χ1v) is 39.0. The van der Waals surface area contributed by atoms with Crippen molar-refractivity contribution in [2.45, 2.75) is 183 Å². The maximum absolute atomic E-state index is 16.7. The fourth-order valence-corrected chi connectivity index (χ4v) is 23.7. The third-order valence-corrected chi connectivity index (χ3v) is 30.7. The van der Waals surface area contributed by atoms with Crippen LogP contribution in [0.25, 0.3) is 81.4 Å². The second-order valence-corrected chi connectivity index (χ2v) is 37.1. The van der Waals surface area contributed by atoms with Gasteiger partial charge < -0.3 is 0 Å². The van der Waals surface area contributed by atoms with Gasteiger partial charge >= 0.3 is 0 Å². The van der Waals surface area contributed by atoms with Gasteiger partial charge in [0.2, 0.25) is 0 Å². The number of imide groups is 2. The number of carbonyl (C=O) groups excluding carboxylic acids is 4. The van der Waals surface area contributed by atoms with Crippen molar-refractivity contribution < 1.29 is 28.0 Å². The lowest BCUT2D eigenvalue weighted by Crippen LogP contribution is -2.40. The minimum Gasteiger partial charge on any atom is -0.277 e. The molecule has 2 aliphatic rings. The Bertz CT molecular complexity index is 4450. The van der Waals surface area contributed by atoms with Crippen LogP contribution in [0.2, 0.25) is 0 Å². The Labute approximate surface area is 573 Å². The van der Waals surface area contributed by atoms with Gasteiger partial charge in [-0.3, -0.25) is 29.0 Å². The molecule has 0 N–H and O–H groups in total. The molecule has 92 heavy (non-hydrogen) atoms. The zero-order valence-corrected chi connectivity index (χ0v) is 62.2. The van der Waals surface area contributed by atoms with E-state index < -0.39 is 27.9 Å². The number of unbranched alkanes of at least 4 members (excludes halogenated alkanes) is 2. The highest BCUT2D eigenvalue weighted by atomic mass is 32.1. The van der Waals surface area contributed by atoms with Gasteiger partial charge in [0.25, 0.3) is 23.6 Å². The van der Waals surface area contributed by atoms with Gasteiger partial charge in [0.1, 0.15) is 11.6 Å². The van der Waals surface area contributed by atoms with Crippen molar-refractivity contribution in [1.29, 1.82) is 0 Å². The van der Waals surface area contributed by atoms with Crippen molar-refractivity contribution in [1.82, 2.24) is 9.80 Å². The van der Waals surface area contributed by atoms with E-state index in [1.807, 2.05) is 73.0 Å². The first kappa shape index (κ1) is 66.7. The van der Waals surface area contributed by atoms with Crippen LogP contribution in [0.4, 0.5) is 8.78 Å². The Balaban J connectivity index is 0.945. The highest BCUT2D eigenvalue weighted by molar-refractivity contribution is 7.28. The van der Waals surface area contributed by atoms with Crippen LogP contribution in [0.5, 0.6) is 0 Å². The molecule has 6 nitrogen and oxygen atoms in total. The Morgan fingerprint density at radius 2 is 0.859 bits per heavy atom. The van der Waals surface area contributed by atoms with Crippen molar-refractivity contribution in [2.75, 3.05) is 14.1 Å². The SMILES string of the molecule is CCCCC(CC)Cc1ccc(-c2c3cc(C(C)(C)C)sc3c(-c3ccc(CC(CC)CCCC)s3)c3cc(-c4sc(C(C)(C)C(C)(C)c5ccc(-c6cc(F)c(-c7ccc(-c8sc(C(C)(C)C)c9c8C(=O)N(C)C9=O)s7)cc6F)s5)c5c4C(=O)N(C)C5=O)sc23)s1. The summed E-state index contributed by atoms with van der Waals surface area (Å²) in [6.07, 6.45) is 11.8. The fourth-order valence-electron chi connectivity index (χ4n) is 13.2. The number of hydrogen-bond donors (Lipinski definition) is 0. The standard InChI is InChI=1S/C76H82F2N2O4S8/c1-17-21-23-39(19-3)33-41-25-27-51(85-41)57-45-37-54(89-63(45)58(46-38-56(73(5,6)7)90-64(46)57)52-28-26-42(86-52)34-40(20-4)24-22-18-2)66-60-62(72(84)80(16)70(60)82)68(92-66)76(13,14)75(11,12)55-32-31-50(88-55)44-36-47(77)43(35-48(44)78)49-29-30-53(87-49)65-59-61(67(91-65)74(8,9)10)71(83)79(15)69(59)81/h25-32,35-40H,17-24,33-34H2,1-16H3. The van der Waals surface area contributed by atoms with Crippen LogP contribution in [0.1, 0.15) is 219 Å². The number of rotatable bonds is 21. The molecule has 8 aromatic heterocycles. The molecule has 4 amide bonds. The smallest absolute Gasteiger partial charge is 0.262 e. The van der Waals surface area contributed by atoms with Crippen LogP contribution < -0.4 is 0 Å². The van der Waals surface area contributed by atoms with E-state index in [-0.39, 0.29) is 40.2 Å². The highest BCUT2D eigenvalue weighted by Gasteiger charge is 2.50. The molecule has 0 saturated heterocycles. The van der Waals surface area contributed by atoms with Gasteiger partial charge in [-0.2, -0.15) is 0 Å². The molecule has 0 fully saturated rings. The Morgan fingerprint density at radius 1 is 0.413 bits per heavy atom. The van der Waals surface area contributed by atoms with E-state index in [0.29, 0.717) is 53.6 Å². The highest BCUT2D eigenvalue weighted by Crippen LogP contribution is 2.59. The zero-order chi connectivity index (χ0) is 66.0. The van der Waals surface area contributed by atoms with Gasteiger partial charge in [0.05, 0.1) is 32.0 Å². The molecule has 0 aliphatic carbocycles. The second-order valence-electron chi connectivity index (χ2n) is 28.5.